The minimum Gasteiger partial charge on any atom is -0.385 e. The van der Waals surface area contributed by atoms with E-state index in [1.807, 2.05) is 29.7 Å². The molecule has 0 fully saturated rings. The van der Waals surface area contributed by atoms with Gasteiger partial charge in [-0.05, 0) is 25.5 Å². The van der Waals surface area contributed by atoms with Gasteiger partial charge in [-0.3, -0.25) is 9.59 Å². The first-order valence-corrected chi connectivity index (χ1v) is 7.08. The van der Waals surface area contributed by atoms with Crippen LogP contribution < -0.4 is 10.7 Å². The Labute approximate surface area is 123 Å². The molecule has 0 aliphatic carbocycles. The van der Waals surface area contributed by atoms with E-state index >= 15 is 0 Å². The van der Waals surface area contributed by atoms with Crippen LogP contribution in [-0.2, 0) is 11.3 Å². The summed E-state index contributed by atoms with van der Waals surface area (Å²) in [5.74, 6) is -0.330. The molecule has 0 bridgehead atoms. The molecular formula is C16H20N2O3. The number of benzene rings is 1. The zero-order chi connectivity index (χ0) is 15.2. The summed E-state index contributed by atoms with van der Waals surface area (Å²) < 4.78 is 6.85. The van der Waals surface area contributed by atoms with Crippen molar-refractivity contribution in [3.63, 3.8) is 0 Å². The normalized spacial score (nSPS) is 10.8. The maximum Gasteiger partial charge on any atom is 0.256 e. The van der Waals surface area contributed by atoms with E-state index in [1.165, 1.54) is 0 Å². The SMILES string of the molecule is CCn1cc(C(=O)NCCCOC)c(=O)c2ccccc21. The fraction of sp³-hybridized carbons (Fsp3) is 0.375. The van der Waals surface area contributed by atoms with Gasteiger partial charge in [-0.15, -0.1) is 0 Å². The second-order valence-electron chi connectivity index (χ2n) is 4.78. The molecular weight excluding hydrogens is 268 g/mol. The highest BCUT2D eigenvalue weighted by Gasteiger charge is 2.14. The summed E-state index contributed by atoms with van der Waals surface area (Å²) in [6.45, 7) is 3.75. The van der Waals surface area contributed by atoms with Gasteiger partial charge in [0.2, 0.25) is 5.43 Å². The molecule has 21 heavy (non-hydrogen) atoms. The van der Waals surface area contributed by atoms with Gasteiger partial charge in [0.05, 0.1) is 5.52 Å². The molecule has 1 aromatic carbocycles. The maximum absolute atomic E-state index is 12.4. The number of amides is 1. The number of hydrogen-bond donors (Lipinski definition) is 1. The first kappa shape index (κ1) is 15.3. The molecule has 1 amide bonds. The highest BCUT2D eigenvalue weighted by atomic mass is 16.5. The number of pyridine rings is 1. The van der Waals surface area contributed by atoms with Crippen LogP contribution in [0.3, 0.4) is 0 Å². The number of ether oxygens (including phenoxy) is 1. The summed E-state index contributed by atoms with van der Waals surface area (Å²) >= 11 is 0. The third kappa shape index (κ3) is 3.31. The average Bonchev–Trinajstić information content (AvgIpc) is 2.52. The molecule has 0 spiro atoms. The molecule has 1 aromatic heterocycles. The highest BCUT2D eigenvalue weighted by molar-refractivity contribution is 5.97. The summed E-state index contributed by atoms with van der Waals surface area (Å²) in [5.41, 5.74) is 0.813. The van der Waals surface area contributed by atoms with Crippen molar-refractivity contribution < 1.29 is 9.53 Å². The zero-order valence-electron chi connectivity index (χ0n) is 12.4. The Bertz CT molecular complexity index is 691. The van der Waals surface area contributed by atoms with Crippen molar-refractivity contribution in [1.29, 1.82) is 0 Å². The number of aryl methyl sites for hydroxylation is 1. The fourth-order valence-corrected chi connectivity index (χ4v) is 2.28. The van der Waals surface area contributed by atoms with Gasteiger partial charge in [0.25, 0.3) is 5.91 Å². The molecule has 0 saturated heterocycles. The Kier molecular flexibility index (Phi) is 5.11. The van der Waals surface area contributed by atoms with Crippen molar-refractivity contribution in [1.82, 2.24) is 9.88 Å². The Hall–Kier alpha value is -2.14. The summed E-state index contributed by atoms with van der Waals surface area (Å²) in [5, 5.41) is 3.33. The van der Waals surface area contributed by atoms with Crippen LogP contribution in [0.4, 0.5) is 0 Å². The smallest absolute Gasteiger partial charge is 0.256 e. The minimum absolute atomic E-state index is 0.188. The monoisotopic (exact) mass is 288 g/mol. The van der Waals surface area contributed by atoms with Crippen molar-refractivity contribution in [3.8, 4) is 0 Å². The van der Waals surface area contributed by atoms with Gasteiger partial charge in [-0.25, -0.2) is 0 Å². The van der Waals surface area contributed by atoms with E-state index in [0.717, 1.165) is 11.9 Å². The lowest BCUT2D eigenvalue weighted by molar-refractivity contribution is 0.0947. The molecule has 5 nitrogen and oxygen atoms in total. The standard InChI is InChI=1S/C16H20N2O3/c1-3-18-11-13(16(20)17-9-6-10-21-2)15(19)12-7-4-5-8-14(12)18/h4-5,7-8,11H,3,6,9-10H2,1-2H3,(H,17,20). The molecule has 1 N–H and O–H groups in total. The van der Waals surface area contributed by atoms with Crippen molar-refractivity contribution in [2.75, 3.05) is 20.3 Å². The van der Waals surface area contributed by atoms with Crippen LogP contribution in [0.15, 0.2) is 35.3 Å². The molecule has 2 aromatic rings. The summed E-state index contributed by atoms with van der Waals surface area (Å²) in [4.78, 5) is 24.6. The third-order valence-electron chi connectivity index (χ3n) is 3.38. The minimum atomic E-state index is -0.330. The number of aromatic nitrogens is 1. The molecule has 0 unspecified atom stereocenters. The van der Waals surface area contributed by atoms with Crippen LogP contribution in [-0.4, -0.2) is 30.7 Å². The van der Waals surface area contributed by atoms with Crippen molar-refractivity contribution in [2.45, 2.75) is 19.9 Å². The Morgan fingerprint density at radius 3 is 2.81 bits per heavy atom. The van der Waals surface area contributed by atoms with Gasteiger partial charge in [0.15, 0.2) is 0 Å². The predicted molar refractivity (Wildman–Crippen MR) is 82.7 cm³/mol. The van der Waals surface area contributed by atoms with Gasteiger partial charge in [0, 0.05) is 38.4 Å². The second-order valence-corrected chi connectivity index (χ2v) is 4.78. The summed E-state index contributed by atoms with van der Waals surface area (Å²) in [6, 6.07) is 7.34. The Morgan fingerprint density at radius 2 is 2.10 bits per heavy atom. The molecule has 0 radical (unpaired) electrons. The third-order valence-corrected chi connectivity index (χ3v) is 3.38. The molecule has 0 saturated carbocycles. The summed E-state index contributed by atoms with van der Waals surface area (Å²) in [7, 11) is 1.62. The Balaban J connectivity index is 2.33. The average molecular weight is 288 g/mol. The van der Waals surface area contributed by atoms with Crippen LogP contribution in [0.2, 0.25) is 0 Å². The van der Waals surface area contributed by atoms with E-state index in [9.17, 15) is 9.59 Å². The molecule has 1 heterocycles. The number of para-hydroxylation sites is 1. The lowest BCUT2D eigenvalue weighted by atomic mass is 10.1. The van der Waals surface area contributed by atoms with Gasteiger partial charge >= 0.3 is 0 Å². The number of nitrogens with zero attached hydrogens (tertiary/aromatic N) is 1. The molecule has 0 atom stereocenters. The number of carbonyl (C=O) groups excluding carboxylic acids is 1. The van der Waals surface area contributed by atoms with E-state index in [0.29, 0.717) is 25.1 Å². The first-order chi connectivity index (χ1) is 10.2. The Morgan fingerprint density at radius 1 is 1.33 bits per heavy atom. The molecule has 112 valence electrons. The van der Waals surface area contributed by atoms with Crippen LogP contribution >= 0.6 is 0 Å². The van der Waals surface area contributed by atoms with Gasteiger partial charge in [0.1, 0.15) is 5.56 Å². The van der Waals surface area contributed by atoms with E-state index in [-0.39, 0.29) is 16.9 Å². The van der Waals surface area contributed by atoms with Gasteiger partial charge in [-0.1, -0.05) is 12.1 Å². The van der Waals surface area contributed by atoms with Crippen molar-refractivity contribution in [3.05, 3.63) is 46.2 Å². The largest absolute Gasteiger partial charge is 0.385 e. The lowest BCUT2D eigenvalue weighted by Gasteiger charge is -2.11. The number of hydrogen-bond acceptors (Lipinski definition) is 3. The van der Waals surface area contributed by atoms with E-state index in [4.69, 9.17) is 4.74 Å². The van der Waals surface area contributed by atoms with Crippen molar-refractivity contribution in [2.24, 2.45) is 0 Å². The van der Waals surface area contributed by atoms with Crippen LogP contribution in [0.1, 0.15) is 23.7 Å². The summed E-state index contributed by atoms with van der Waals surface area (Å²) in [6.07, 6.45) is 2.36. The molecule has 5 heteroatoms. The number of fused-ring (bicyclic) bond motifs is 1. The zero-order valence-corrected chi connectivity index (χ0v) is 12.4. The van der Waals surface area contributed by atoms with Gasteiger partial charge < -0.3 is 14.6 Å². The van der Waals surface area contributed by atoms with E-state index in [1.54, 1.807) is 19.4 Å². The quantitative estimate of drug-likeness (QED) is 0.824. The highest BCUT2D eigenvalue weighted by Crippen LogP contribution is 2.11. The van der Waals surface area contributed by atoms with E-state index in [2.05, 4.69) is 5.32 Å². The number of carbonyl (C=O) groups is 1. The van der Waals surface area contributed by atoms with Crippen LogP contribution in [0.25, 0.3) is 10.9 Å². The number of rotatable bonds is 6. The number of methoxy groups -OCH3 is 1. The fourth-order valence-electron chi connectivity index (χ4n) is 2.28. The first-order valence-electron chi connectivity index (χ1n) is 7.08. The second kappa shape index (κ2) is 7.04. The van der Waals surface area contributed by atoms with Crippen LogP contribution in [0.5, 0.6) is 0 Å². The maximum atomic E-state index is 12.4. The number of nitrogens with one attached hydrogen (secondary N) is 1. The molecule has 0 aliphatic heterocycles. The molecule has 0 aliphatic rings. The van der Waals surface area contributed by atoms with Gasteiger partial charge in [-0.2, -0.15) is 0 Å². The van der Waals surface area contributed by atoms with Crippen LogP contribution in [0, 0.1) is 0 Å². The molecule has 2 rings (SSSR count). The predicted octanol–water partition coefficient (Wildman–Crippen LogP) is 1.79. The lowest BCUT2D eigenvalue weighted by Crippen LogP contribution is -2.31. The topological polar surface area (TPSA) is 60.3 Å². The van der Waals surface area contributed by atoms with E-state index < -0.39 is 0 Å². The van der Waals surface area contributed by atoms with Crippen molar-refractivity contribution >= 4 is 16.8 Å².